The zero-order valence-corrected chi connectivity index (χ0v) is 19.9. The molecule has 0 saturated carbocycles. The van der Waals surface area contributed by atoms with E-state index in [4.69, 9.17) is 4.74 Å². The van der Waals surface area contributed by atoms with E-state index in [1.165, 1.54) is 11.3 Å². The molecule has 0 atom stereocenters. The predicted octanol–water partition coefficient (Wildman–Crippen LogP) is 3.69. The van der Waals surface area contributed by atoms with Gasteiger partial charge in [0.05, 0.1) is 0 Å². The molecule has 1 amide bonds. The predicted molar refractivity (Wildman–Crippen MR) is 128 cm³/mol. The quantitative estimate of drug-likeness (QED) is 0.494. The number of amides is 1. The van der Waals surface area contributed by atoms with Crippen molar-refractivity contribution in [1.82, 2.24) is 14.6 Å². The van der Waals surface area contributed by atoms with E-state index in [-0.39, 0.29) is 16.7 Å². The van der Waals surface area contributed by atoms with Gasteiger partial charge in [0, 0.05) is 37.1 Å². The van der Waals surface area contributed by atoms with Crippen molar-refractivity contribution in [2.45, 2.75) is 30.6 Å². The van der Waals surface area contributed by atoms with E-state index in [0.29, 0.717) is 37.4 Å². The van der Waals surface area contributed by atoms with E-state index in [0.717, 1.165) is 22.4 Å². The number of aryl methyl sites for hydroxylation is 1. The van der Waals surface area contributed by atoms with Crippen LogP contribution >= 0.6 is 11.3 Å². The molecule has 7 nitrogen and oxygen atoms in total. The lowest BCUT2D eigenvalue weighted by molar-refractivity contribution is 0.0733. The van der Waals surface area contributed by atoms with Crippen LogP contribution < -0.4 is 9.46 Å². The van der Waals surface area contributed by atoms with Gasteiger partial charge in [-0.2, -0.15) is 0 Å². The Morgan fingerprint density at radius 3 is 2.94 bits per heavy atom. The highest BCUT2D eigenvalue weighted by atomic mass is 32.2. The SMILES string of the molecule is C=CCOc1cccc(C(=O)N2CCc3c(cnc(C)c3CNS(=O)(=O)c3cccs3)C2)c1. The summed E-state index contributed by atoms with van der Waals surface area (Å²) in [5.41, 5.74) is 4.21. The van der Waals surface area contributed by atoms with Crippen LogP contribution in [0.15, 0.2) is 64.8 Å². The number of carbonyl (C=O) groups is 1. The highest BCUT2D eigenvalue weighted by Crippen LogP contribution is 2.26. The molecule has 0 radical (unpaired) electrons. The number of hydrogen-bond acceptors (Lipinski definition) is 6. The summed E-state index contributed by atoms with van der Waals surface area (Å²) in [5.74, 6) is 0.543. The number of sulfonamides is 1. The molecule has 0 fully saturated rings. The van der Waals surface area contributed by atoms with Gasteiger partial charge < -0.3 is 9.64 Å². The zero-order chi connectivity index (χ0) is 23.4. The molecule has 4 rings (SSSR count). The van der Waals surface area contributed by atoms with Gasteiger partial charge in [-0.1, -0.05) is 24.8 Å². The average molecular weight is 484 g/mol. The molecule has 9 heteroatoms. The number of nitrogens with one attached hydrogen (secondary N) is 1. The number of rotatable bonds is 8. The fourth-order valence-corrected chi connectivity index (χ4v) is 5.87. The molecule has 1 aliphatic heterocycles. The smallest absolute Gasteiger partial charge is 0.254 e. The summed E-state index contributed by atoms with van der Waals surface area (Å²) in [5, 5.41) is 1.73. The summed E-state index contributed by atoms with van der Waals surface area (Å²) in [6, 6.07) is 10.4. The minimum Gasteiger partial charge on any atom is -0.490 e. The number of aromatic nitrogens is 1. The lowest BCUT2D eigenvalue weighted by Gasteiger charge is -2.30. The van der Waals surface area contributed by atoms with Gasteiger partial charge in [0.2, 0.25) is 10.0 Å². The molecule has 1 aliphatic rings. The Morgan fingerprint density at radius 2 is 2.18 bits per heavy atom. The topological polar surface area (TPSA) is 88.6 Å². The number of fused-ring (bicyclic) bond motifs is 1. The molecule has 0 unspecified atom stereocenters. The fourth-order valence-electron chi connectivity index (χ4n) is 3.84. The van der Waals surface area contributed by atoms with Crippen molar-refractivity contribution in [2.75, 3.05) is 13.2 Å². The number of benzene rings is 1. The molecular weight excluding hydrogens is 458 g/mol. The Balaban J connectivity index is 1.51. The van der Waals surface area contributed by atoms with Gasteiger partial charge in [-0.05, 0) is 59.7 Å². The van der Waals surface area contributed by atoms with Crippen LogP contribution in [0.3, 0.4) is 0 Å². The molecule has 0 spiro atoms. The molecule has 0 aliphatic carbocycles. The standard InChI is InChI=1S/C24H25N3O4S2/c1-3-11-31-20-7-4-6-18(13-20)24(28)27-10-9-21-19(16-27)14-25-17(2)22(21)15-26-33(29,30)23-8-5-12-32-23/h3-8,12-14,26H,1,9-11,15-16H2,2H3. The third kappa shape index (κ3) is 5.16. The Hall–Kier alpha value is -3.01. The number of thiophene rings is 1. The number of carbonyl (C=O) groups excluding carboxylic acids is 1. The Labute approximate surface area is 197 Å². The molecular formula is C24H25N3O4S2. The van der Waals surface area contributed by atoms with Gasteiger partial charge in [0.15, 0.2) is 0 Å². The van der Waals surface area contributed by atoms with Gasteiger partial charge in [-0.15, -0.1) is 11.3 Å². The molecule has 1 aromatic carbocycles. The lowest BCUT2D eigenvalue weighted by Crippen LogP contribution is -2.37. The van der Waals surface area contributed by atoms with Crippen LogP contribution in [-0.2, 0) is 29.5 Å². The van der Waals surface area contributed by atoms with E-state index in [1.807, 2.05) is 13.0 Å². The zero-order valence-electron chi connectivity index (χ0n) is 18.3. The molecule has 0 bridgehead atoms. The Morgan fingerprint density at radius 1 is 1.33 bits per heavy atom. The molecule has 3 heterocycles. The molecule has 3 aromatic rings. The molecule has 172 valence electrons. The van der Waals surface area contributed by atoms with Crippen molar-refractivity contribution in [3.05, 3.63) is 88.6 Å². The molecule has 1 N–H and O–H groups in total. The van der Waals surface area contributed by atoms with Crippen LogP contribution in [0.2, 0.25) is 0 Å². The minimum absolute atomic E-state index is 0.0785. The molecule has 0 saturated heterocycles. The summed E-state index contributed by atoms with van der Waals surface area (Å²) in [6.07, 6.45) is 4.07. The maximum atomic E-state index is 13.1. The highest BCUT2D eigenvalue weighted by molar-refractivity contribution is 7.91. The first kappa shape index (κ1) is 23.2. The van der Waals surface area contributed by atoms with Crippen molar-refractivity contribution >= 4 is 27.3 Å². The van der Waals surface area contributed by atoms with E-state index >= 15 is 0 Å². The lowest BCUT2D eigenvalue weighted by atomic mass is 9.94. The maximum absolute atomic E-state index is 13.1. The Bertz CT molecular complexity index is 1270. The average Bonchev–Trinajstić information content (AvgIpc) is 3.38. The van der Waals surface area contributed by atoms with Gasteiger partial charge in [0.1, 0.15) is 16.6 Å². The summed E-state index contributed by atoms with van der Waals surface area (Å²) in [6.45, 7) is 7.01. The second-order valence-corrected chi connectivity index (χ2v) is 10.6. The second-order valence-electron chi connectivity index (χ2n) is 7.69. The largest absolute Gasteiger partial charge is 0.490 e. The Kier molecular flexibility index (Phi) is 6.92. The second kappa shape index (κ2) is 9.86. The van der Waals surface area contributed by atoms with Crippen LogP contribution in [0.25, 0.3) is 0 Å². The van der Waals surface area contributed by atoms with Crippen molar-refractivity contribution in [3.8, 4) is 5.75 Å². The first-order valence-electron chi connectivity index (χ1n) is 10.5. The highest BCUT2D eigenvalue weighted by Gasteiger charge is 2.26. The maximum Gasteiger partial charge on any atom is 0.254 e. The third-order valence-electron chi connectivity index (χ3n) is 5.53. The summed E-state index contributed by atoms with van der Waals surface area (Å²) in [4.78, 5) is 19.4. The third-order valence-corrected chi connectivity index (χ3v) is 8.33. The summed E-state index contributed by atoms with van der Waals surface area (Å²) in [7, 11) is -3.57. The van der Waals surface area contributed by atoms with E-state index in [1.54, 1.807) is 52.9 Å². The first-order chi connectivity index (χ1) is 15.9. The van der Waals surface area contributed by atoms with Crippen molar-refractivity contribution in [2.24, 2.45) is 0 Å². The van der Waals surface area contributed by atoms with Crippen LogP contribution in [0, 0.1) is 6.92 Å². The van der Waals surface area contributed by atoms with Crippen LogP contribution in [0.1, 0.15) is 32.7 Å². The monoisotopic (exact) mass is 483 g/mol. The molecule has 33 heavy (non-hydrogen) atoms. The van der Waals surface area contributed by atoms with E-state index in [9.17, 15) is 13.2 Å². The molecule has 2 aromatic heterocycles. The number of nitrogens with zero attached hydrogens (tertiary/aromatic N) is 2. The van der Waals surface area contributed by atoms with Crippen LogP contribution in [0.5, 0.6) is 5.75 Å². The number of ether oxygens (including phenoxy) is 1. The fraction of sp³-hybridized carbons (Fsp3) is 0.250. The van der Waals surface area contributed by atoms with Gasteiger partial charge >= 0.3 is 0 Å². The summed E-state index contributed by atoms with van der Waals surface area (Å²) >= 11 is 1.18. The van der Waals surface area contributed by atoms with Crippen molar-refractivity contribution in [1.29, 1.82) is 0 Å². The van der Waals surface area contributed by atoms with Crippen molar-refractivity contribution in [3.63, 3.8) is 0 Å². The normalized spacial score (nSPS) is 13.4. The van der Waals surface area contributed by atoms with E-state index in [2.05, 4.69) is 16.3 Å². The van der Waals surface area contributed by atoms with Crippen molar-refractivity contribution < 1.29 is 17.9 Å². The van der Waals surface area contributed by atoms with Gasteiger partial charge in [-0.3, -0.25) is 9.78 Å². The number of pyridine rings is 1. The summed E-state index contributed by atoms with van der Waals surface area (Å²) < 4.78 is 33.6. The minimum atomic E-state index is -3.57. The van der Waals surface area contributed by atoms with Crippen LogP contribution in [0.4, 0.5) is 0 Å². The van der Waals surface area contributed by atoms with E-state index < -0.39 is 10.0 Å². The first-order valence-corrected chi connectivity index (χ1v) is 12.9. The van der Waals surface area contributed by atoms with Gasteiger partial charge in [0.25, 0.3) is 5.91 Å². The number of hydrogen-bond donors (Lipinski definition) is 1. The van der Waals surface area contributed by atoms with Gasteiger partial charge in [-0.25, -0.2) is 13.1 Å². The van der Waals surface area contributed by atoms with Crippen LogP contribution in [-0.4, -0.2) is 37.4 Å².